The number of rotatable bonds is 6. The number of sulfonamides is 1. The first kappa shape index (κ1) is 18.1. The van der Waals surface area contributed by atoms with E-state index in [-0.39, 0.29) is 23.4 Å². The molecule has 136 valence electrons. The number of aromatic nitrogens is 2. The number of fused-ring (bicyclic) bond motifs is 1. The molecular weight excluding hydrogens is 352 g/mol. The summed E-state index contributed by atoms with van der Waals surface area (Å²) in [6, 6.07) is 13.6. The van der Waals surface area contributed by atoms with Crippen molar-refractivity contribution in [3.63, 3.8) is 0 Å². The van der Waals surface area contributed by atoms with Crippen molar-refractivity contribution in [1.29, 1.82) is 0 Å². The number of nitrogens with zero attached hydrogens (tertiary/aromatic N) is 1. The first-order chi connectivity index (χ1) is 12.4. The molecule has 0 aliphatic heterocycles. The quantitative estimate of drug-likeness (QED) is 0.617. The fourth-order valence-electron chi connectivity index (χ4n) is 2.60. The second-order valence-corrected chi connectivity index (χ2v) is 7.94. The van der Waals surface area contributed by atoms with Crippen LogP contribution in [0.1, 0.15) is 29.9 Å². The van der Waals surface area contributed by atoms with E-state index in [2.05, 4.69) is 20.2 Å². The normalized spacial score (nSPS) is 11.8. The summed E-state index contributed by atoms with van der Waals surface area (Å²) in [5.41, 5.74) is 1.78. The van der Waals surface area contributed by atoms with Crippen molar-refractivity contribution < 1.29 is 13.2 Å². The van der Waals surface area contributed by atoms with Gasteiger partial charge in [-0.05, 0) is 37.6 Å². The topological polar surface area (TPSA) is 104 Å². The lowest BCUT2D eigenvalue weighted by atomic mass is 10.2. The van der Waals surface area contributed by atoms with E-state index in [0.29, 0.717) is 11.3 Å². The fraction of sp³-hybridized carbons (Fsp3) is 0.222. The maximum atomic E-state index is 12.4. The molecule has 1 heterocycles. The van der Waals surface area contributed by atoms with Crippen LogP contribution in [-0.4, -0.2) is 30.6 Å². The minimum absolute atomic E-state index is 0.170. The Morgan fingerprint density at radius 2 is 1.92 bits per heavy atom. The molecule has 0 atom stereocenters. The van der Waals surface area contributed by atoms with Gasteiger partial charge in [0, 0.05) is 18.0 Å². The van der Waals surface area contributed by atoms with Gasteiger partial charge < -0.3 is 5.32 Å². The molecule has 0 aliphatic rings. The summed E-state index contributed by atoms with van der Waals surface area (Å²) < 4.78 is 27.0. The number of nitrogens with one attached hydrogen (secondary N) is 3. The summed E-state index contributed by atoms with van der Waals surface area (Å²) in [5, 5.41) is 10.4. The van der Waals surface area contributed by atoms with Crippen molar-refractivity contribution in [3.8, 4) is 0 Å². The molecule has 2 aromatic carbocycles. The van der Waals surface area contributed by atoms with E-state index in [1.54, 1.807) is 32.0 Å². The van der Waals surface area contributed by atoms with Crippen LogP contribution in [0.2, 0.25) is 0 Å². The summed E-state index contributed by atoms with van der Waals surface area (Å²) in [6.45, 7) is 3.72. The van der Waals surface area contributed by atoms with Gasteiger partial charge in [-0.15, -0.1) is 0 Å². The van der Waals surface area contributed by atoms with E-state index in [4.69, 9.17) is 0 Å². The maximum absolute atomic E-state index is 12.4. The largest absolute Gasteiger partial charge is 0.347 e. The second-order valence-electron chi connectivity index (χ2n) is 6.22. The summed E-state index contributed by atoms with van der Waals surface area (Å²) in [5.74, 6) is -0.323. The van der Waals surface area contributed by atoms with Crippen LogP contribution in [-0.2, 0) is 16.6 Å². The Morgan fingerprint density at radius 1 is 1.15 bits per heavy atom. The van der Waals surface area contributed by atoms with Gasteiger partial charge in [-0.2, -0.15) is 5.10 Å². The van der Waals surface area contributed by atoms with Gasteiger partial charge in [0.05, 0.1) is 10.4 Å². The average Bonchev–Trinajstić information content (AvgIpc) is 3.03. The molecule has 8 heteroatoms. The third-order valence-corrected chi connectivity index (χ3v) is 5.39. The molecule has 26 heavy (non-hydrogen) atoms. The smallest absolute Gasteiger partial charge is 0.272 e. The molecule has 0 saturated heterocycles. The van der Waals surface area contributed by atoms with E-state index < -0.39 is 10.0 Å². The highest BCUT2D eigenvalue weighted by atomic mass is 32.2. The molecule has 0 saturated carbocycles. The van der Waals surface area contributed by atoms with Crippen molar-refractivity contribution in [2.75, 3.05) is 0 Å². The average molecular weight is 372 g/mol. The number of benzene rings is 2. The number of hydrogen-bond donors (Lipinski definition) is 3. The maximum Gasteiger partial charge on any atom is 0.272 e. The number of H-pyrrole nitrogens is 1. The first-order valence-electron chi connectivity index (χ1n) is 8.19. The molecule has 0 spiro atoms. The minimum atomic E-state index is -3.57. The number of amides is 1. The van der Waals surface area contributed by atoms with E-state index in [9.17, 15) is 13.2 Å². The van der Waals surface area contributed by atoms with Crippen LogP contribution in [0.15, 0.2) is 53.4 Å². The number of hydrogen-bond acceptors (Lipinski definition) is 4. The third kappa shape index (κ3) is 3.92. The van der Waals surface area contributed by atoms with Crippen molar-refractivity contribution in [2.24, 2.45) is 0 Å². The van der Waals surface area contributed by atoms with Gasteiger partial charge in [-0.25, -0.2) is 13.1 Å². The molecule has 0 fully saturated rings. The van der Waals surface area contributed by atoms with Gasteiger partial charge in [-0.3, -0.25) is 9.89 Å². The summed E-state index contributed by atoms with van der Waals surface area (Å²) in [4.78, 5) is 12.6. The number of carbonyl (C=O) groups is 1. The van der Waals surface area contributed by atoms with E-state index in [0.717, 1.165) is 10.9 Å². The molecule has 0 radical (unpaired) electrons. The van der Waals surface area contributed by atoms with E-state index in [1.165, 1.54) is 6.07 Å². The minimum Gasteiger partial charge on any atom is -0.347 e. The van der Waals surface area contributed by atoms with Crippen LogP contribution in [0.5, 0.6) is 0 Å². The molecule has 0 bridgehead atoms. The zero-order valence-electron chi connectivity index (χ0n) is 14.5. The van der Waals surface area contributed by atoms with Gasteiger partial charge in [-0.1, -0.05) is 30.3 Å². The highest BCUT2D eigenvalue weighted by Crippen LogP contribution is 2.16. The van der Waals surface area contributed by atoms with Crippen molar-refractivity contribution in [2.45, 2.75) is 31.3 Å². The Hall–Kier alpha value is -2.71. The van der Waals surface area contributed by atoms with E-state index >= 15 is 0 Å². The van der Waals surface area contributed by atoms with Gasteiger partial charge in [0.2, 0.25) is 10.0 Å². The first-order valence-corrected chi connectivity index (χ1v) is 9.68. The molecule has 0 unspecified atom stereocenters. The Kier molecular flexibility index (Phi) is 5.06. The van der Waals surface area contributed by atoms with Crippen molar-refractivity contribution in [3.05, 3.63) is 59.8 Å². The zero-order valence-corrected chi connectivity index (χ0v) is 15.3. The number of carbonyl (C=O) groups excluding carboxylic acids is 1. The van der Waals surface area contributed by atoms with Gasteiger partial charge in [0.1, 0.15) is 0 Å². The van der Waals surface area contributed by atoms with Crippen LogP contribution in [0.3, 0.4) is 0 Å². The van der Waals surface area contributed by atoms with E-state index in [1.807, 2.05) is 24.3 Å². The van der Waals surface area contributed by atoms with Crippen LogP contribution in [0.4, 0.5) is 0 Å². The predicted octanol–water partition coefficient (Wildman–Crippen LogP) is 2.18. The zero-order chi connectivity index (χ0) is 18.7. The van der Waals surface area contributed by atoms with Crippen LogP contribution < -0.4 is 10.0 Å². The van der Waals surface area contributed by atoms with Crippen LogP contribution in [0, 0.1) is 0 Å². The summed E-state index contributed by atoms with van der Waals surface area (Å²) in [7, 11) is -3.57. The highest BCUT2D eigenvalue weighted by molar-refractivity contribution is 7.89. The molecule has 7 nitrogen and oxygen atoms in total. The van der Waals surface area contributed by atoms with Gasteiger partial charge in [0.25, 0.3) is 5.91 Å². The fourth-order valence-corrected chi connectivity index (χ4v) is 3.92. The van der Waals surface area contributed by atoms with Crippen molar-refractivity contribution in [1.82, 2.24) is 20.2 Å². The Labute approximate surface area is 151 Å². The Balaban J connectivity index is 1.74. The van der Waals surface area contributed by atoms with Crippen LogP contribution in [0.25, 0.3) is 10.9 Å². The Bertz CT molecular complexity index is 1040. The number of para-hydroxylation sites is 1. The molecular formula is C18H20N4O3S. The standard InChI is InChI=1S/C18H20N4O3S/c1-12(2)22-26(24,25)14-7-5-6-13(10-14)11-19-18(23)17-15-8-3-4-9-16(15)20-21-17/h3-10,12,22H,11H2,1-2H3,(H,19,23)(H,20,21). The third-order valence-electron chi connectivity index (χ3n) is 3.74. The SMILES string of the molecule is CC(C)NS(=O)(=O)c1cccc(CNC(=O)c2n[nH]c3ccccc23)c1. The van der Waals surface area contributed by atoms with Crippen molar-refractivity contribution >= 4 is 26.8 Å². The lowest BCUT2D eigenvalue weighted by molar-refractivity contribution is 0.0947. The molecule has 1 aromatic heterocycles. The second kappa shape index (κ2) is 7.27. The lowest BCUT2D eigenvalue weighted by Crippen LogP contribution is -2.30. The van der Waals surface area contributed by atoms with Gasteiger partial charge >= 0.3 is 0 Å². The number of aromatic amines is 1. The Morgan fingerprint density at radius 3 is 2.69 bits per heavy atom. The van der Waals surface area contributed by atoms with Gasteiger partial charge in [0.15, 0.2) is 5.69 Å². The predicted molar refractivity (Wildman–Crippen MR) is 99.2 cm³/mol. The monoisotopic (exact) mass is 372 g/mol. The molecule has 3 aromatic rings. The van der Waals surface area contributed by atoms with Crippen LogP contribution >= 0.6 is 0 Å². The summed E-state index contributed by atoms with van der Waals surface area (Å²) in [6.07, 6.45) is 0. The lowest BCUT2D eigenvalue weighted by Gasteiger charge is -2.11. The molecule has 3 rings (SSSR count). The molecule has 3 N–H and O–H groups in total. The molecule has 0 aliphatic carbocycles. The summed E-state index contributed by atoms with van der Waals surface area (Å²) >= 11 is 0. The molecule has 1 amide bonds. The highest BCUT2D eigenvalue weighted by Gasteiger charge is 2.16.